The molecule has 4 rings (SSSR count). The van der Waals surface area contributed by atoms with Crippen LogP contribution in [0.2, 0.25) is 0 Å². The SMILES string of the molecule is O=C(c1ccc2nc(C(F)(F)F)[nH]c2c1)N(Cc1ccccn1)C[C@H]1CCCO1. The smallest absolute Gasteiger partial charge is 0.376 e. The average Bonchev–Trinajstić information content (AvgIpc) is 3.36. The zero-order valence-corrected chi connectivity index (χ0v) is 15.4. The van der Waals surface area contributed by atoms with Gasteiger partial charge in [0.05, 0.1) is 29.4 Å². The van der Waals surface area contributed by atoms with E-state index in [1.54, 1.807) is 17.2 Å². The van der Waals surface area contributed by atoms with Crippen LogP contribution in [0.4, 0.5) is 13.2 Å². The summed E-state index contributed by atoms with van der Waals surface area (Å²) in [5.74, 6) is -1.38. The summed E-state index contributed by atoms with van der Waals surface area (Å²) in [4.78, 5) is 24.9. The van der Waals surface area contributed by atoms with Crippen molar-refractivity contribution in [2.75, 3.05) is 13.2 Å². The summed E-state index contributed by atoms with van der Waals surface area (Å²) in [5.41, 5.74) is 1.33. The van der Waals surface area contributed by atoms with Gasteiger partial charge in [-0.15, -0.1) is 0 Å². The molecule has 3 aromatic rings. The fourth-order valence-corrected chi connectivity index (χ4v) is 3.40. The van der Waals surface area contributed by atoms with Crippen LogP contribution in [0.5, 0.6) is 0 Å². The lowest BCUT2D eigenvalue weighted by atomic mass is 10.1. The van der Waals surface area contributed by atoms with E-state index in [-0.39, 0.29) is 35.2 Å². The van der Waals surface area contributed by atoms with Gasteiger partial charge in [0.2, 0.25) is 5.82 Å². The zero-order valence-electron chi connectivity index (χ0n) is 15.4. The highest BCUT2D eigenvalue weighted by Crippen LogP contribution is 2.29. The van der Waals surface area contributed by atoms with Crippen LogP contribution in [0.15, 0.2) is 42.6 Å². The first-order chi connectivity index (χ1) is 13.9. The van der Waals surface area contributed by atoms with Gasteiger partial charge < -0.3 is 14.6 Å². The zero-order chi connectivity index (χ0) is 20.4. The summed E-state index contributed by atoms with van der Waals surface area (Å²) >= 11 is 0. The van der Waals surface area contributed by atoms with Crippen molar-refractivity contribution in [1.29, 1.82) is 0 Å². The molecule has 1 fully saturated rings. The second-order valence-electron chi connectivity index (χ2n) is 6.96. The number of hydrogen-bond donors (Lipinski definition) is 1. The predicted molar refractivity (Wildman–Crippen MR) is 99.0 cm³/mol. The van der Waals surface area contributed by atoms with Gasteiger partial charge in [-0.05, 0) is 43.2 Å². The van der Waals surface area contributed by atoms with Crippen LogP contribution >= 0.6 is 0 Å². The van der Waals surface area contributed by atoms with E-state index in [9.17, 15) is 18.0 Å². The monoisotopic (exact) mass is 404 g/mol. The molecule has 1 saturated heterocycles. The topological polar surface area (TPSA) is 71.1 Å². The van der Waals surface area contributed by atoms with E-state index in [2.05, 4.69) is 15.0 Å². The summed E-state index contributed by atoms with van der Waals surface area (Å²) in [6.45, 7) is 1.34. The highest BCUT2D eigenvalue weighted by atomic mass is 19.4. The second kappa shape index (κ2) is 7.82. The fraction of sp³-hybridized carbons (Fsp3) is 0.350. The van der Waals surface area contributed by atoms with Crippen LogP contribution in [0.3, 0.4) is 0 Å². The first-order valence-electron chi connectivity index (χ1n) is 9.28. The molecule has 0 saturated carbocycles. The molecule has 1 aromatic carbocycles. The number of halogens is 3. The Balaban J connectivity index is 1.61. The first-order valence-corrected chi connectivity index (χ1v) is 9.28. The van der Waals surface area contributed by atoms with Crippen LogP contribution in [0, 0.1) is 0 Å². The van der Waals surface area contributed by atoms with Crippen molar-refractivity contribution in [2.24, 2.45) is 0 Å². The number of alkyl halides is 3. The third-order valence-electron chi connectivity index (χ3n) is 4.81. The van der Waals surface area contributed by atoms with Gasteiger partial charge in [0, 0.05) is 24.9 Å². The van der Waals surface area contributed by atoms with Crippen molar-refractivity contribution >= 4 is 16.9 Å². The average molecular weight is 404 g/mol. The van der Waals surface area contributed by atoms with Crippen LogP contribution in [-0.4, -0.2) is 45.0 Å². The molecule has 0 radical (unpaired) electrons. The van der Waals surface area contributed by atoms with E-state index in [1.807, 2.05) is 12.1 Å². The first kappa shape index (κ1) is 19.4. The largest absolute Gasteiger partial charge is 0.449 e. The Bertz CT molecular complexity index is 998. The number of carbonyl (C=O) groups is 1. The van der Waals surface area contributed by atoms with E-state index in [0.29, 0.717) is 13.2 Å². The second-order valence-corrected chi connectivity index (χ2v) is 6.96. The number of nitrogens with one attached hydrogen (secondary N) is 1. The molecular weight excluding hydrogens is 385 g/mol. The van der Waals surface area contributed by atoms with Gasteiger partial charge in [0.1, 0.15) is 0 Å². The van der Waals surface area contributed by atoms with E-state index in [1.165, 1.54) is 18.2 Å². The van der Waals surface area contributed by atoms with E-state index in [4.69, 9.17) is 4.74 Å². The quantitative estimate of drug-likeness (QED) is 0.702. The lowest BCUT2D eigenvalue weighted by molar-refractivity contribution is -0.144. The number of H-pyrrole nitrogens is 1. The van der Waals surface area contributed by atoms with Crippen LogP contribution in [-0.2, 0) is 17.5 Å². The number of fused-ring (bicyclic) bond motifs is 1. The molecule has 0 unspecified atom stereocenters. The minimum atomic E-state index is -4.58. The molecule has 152 valence electrons. The third-order valence-corrected chi connectivity index (χ3v) is 4.81. The number of imidazole rings is 1. The maximum absolute atomic E-state index is 13.2. The number of aromatic nitrogens is 3. The van der Waals surface area contributed by atoms with Gasteiger partial charge in [-0.25, -0.2) is 4.98 Å². The number of benzene rings is 1. The number of aromatic amines is 1. The van der Waals surface area contributed by atoms with Gasteiger partial charge in [-0.3, -0.25) is 9.78 Å². The molecule has 1 aliphatic heterocycles. The van der Waals surface area contributed by atoms with Crippen LogP contribution in [0.1, 0.15) is 34.7 Å². The van der Waals surface area contributed by atoms with Crippen molar-refractivity contribution < 1.29 is 22.7 Å². The number of ether oxygens (including phenoxy) is 1. The Morgan fingerprint density at radius 3 is 2.83 bits per heavy atom. The summed E-state index contributed by atoms with van der Waals surface area (Å²) in [5, 5.41) is 0. The van der Waals surface area contributed by atoms with Gasteiger partial charge in [0.25, 0.3) is 5.91 Å². The van der Waals surface area contributed by atoms with Gasteiger partial charge in [-0.2, -0.15) is 13.2 Å². The molecule has 0 spiro atoms. The summed E-state index contributed by atoms with van der Waals surface area (Å²) in [6.07, 6.45) is -1.18. The normalized spacial score (nSPS) is 17.0. The summed E-state index contributed by atoms with van der Waals surface area (Å²) < 4.78 is 44.3. The Labute approximate surface area is 164 Å². The number of carbonyl (C=O) groups excluding carboxylic acids is 1. The third kappa shape index (κ3) is 4.40. The molecule has 1 N–H and O–H groups in total. The molecular formula is C20H19F3N4O2. The summed E-state index contributed by atoms with van der Waals surface area (Å²) in [6, 6.07) is 9.77. The molecule has 0 aliphatic carbocycles. The molecule has 3 heterocycles. The van der Waals surface area contributed by atoms with Crippen molar-refractivity contribution in [1.82, 2.24) is 19.9 Å². The number of hydrogen-bond acceptors (Lipinski definition) is 4. The molecule has 29 heavy (non-hydrogen) atoms. The van der Waals surface area contributed by atoms with Gasteiger partial charge in [0.15, 0.2) is 0 Å². The molecule has 2 aromatic heterocycles. The maximum atomic E-state index is 13.2. The number of nitrogens with zero attached hydrogens (tertiary/aromatic N) is 3. The Morgan fingerprint density at radius 1 is 1.28 bits per heavy atom. The molecule has 1 amide bonds. The number of rotatable bonds is 5. The number of pyridine rings is 1. The van der Waals surface area contributed by atoms with Crippen molar-refractivity contribution in [3.05, 3.63) is 59.7 Å². The minimum absolute atomic E-state index is 0.0598. The van der Waals surface area contributed by atoms with E-state index < -0.39 is 12.0 Å². The van der Waals surface area contributed by atoms with Gasteiger partial charge >= 0.3 is 6.18 Å². The predicted octanol–water partition coefficient (Wildman–Crippen LogP) is 3.80. The molecule has 1 atom stereocenters. The fourth-order valence-electron chi connectivity index (χ4n) is 3.40. The number of amides is 1. The molecule has 9 heteroatoms. The molecule has 6 nitrogen and oxygen atoms in total. The highest BCUT2D eigenvalue weighted by molar-refractivity contribution is 5.97. The van der Waals surface area contributed by atoms with E-state index in [0.717, 1.165) is 18.5 Å². The van der Waals surface area contributed by atoms with Crippen molar-refractivity contribution in [3.63, 3.8) is 0 Å². The van der Waals surface area contributed by atoms with Crippen LogP contribution in [0.25, 0.3) is 11.0 Å². The maximum Gasteiger partial charge on any atom is 0.449 e. The Morgan fingerprint density at radius 2 is 2.14 bits per heavy atom. The lowest BCUT2D eigenvalue weighted by Gasteiger charge is -2.25. The van der Waals surface area contributed by atoms with Crippen molar-refractivity contribution in [3.8, 4) is 0 Å². The van der Waals surface area contributed by atoms with Gasteiger partial charge in [-0.1, -0.05) is 6.07 Å². The van der Waals surface area contributed by atoms with Crippen molar-refractivity contribution in [2.45, 2.75) is 31.7 Å². The Kier molecular flexibility index (Phi) is 5.23. The molecule has 0 bridgehead atoms. The highest BCUT2D eigenvalue weighted by Gasteiger charge is 2.35. The Hall–Kier alpha value is -2.94. The lowest BCUT2D eigenvalue weighted by Crippen LogP contribution is -2.37. The van der Waals surface area contributed by atoms with E-state index >= 15 is 0 Å². The minimum Gasteiger partial charge on any atom is -0.376 e. The summed E-state index contributed by atoms with van der Waals surface area (Å²) in [7, 11) is 0. The van der Waals surface area contributed by atoms with Crippen LogP contribution < -0.4 is 0 Å². The molecule has 1 aliphatic rings. The standard InChI is InChI=1S/C20H19F3N4O2/c21-20(22,23)19-25-16-7-6-13(10-17(16)26-19)18(28)27(12-15-5-3-9-29-15)11-14-4-1-2-8-24-14/h1-2,4,6-8,10,15H,3,5,9,11-12H2,(H,25,26)/t15-/m1/s1.